The quantitative estimate of drug-likeness (QED) is 0.847. The molecular formula is C17H25N3S. The van der Waals surface area contributed by atoms with Gasteiger partial charge in [-0.05, 0) is 30.7 Å². The molecule has 2 aromatic rings. The Hall–Kier alpha value is -1.26. The highest BCUT2D eigenvalue weighted by molar-refractivity contribution is 7.98. The number of thioether (sulfide) groups is 1. The lowest BCUT2D eigenvalue weighted by atomic mass is 10.1. The van der Waals surface area contributed by atoms with Gasteiger partial charge in [0.25, 0.3) is 0 Å². The van der Waals surface area contributed by atoms with Gasteiger partial charge < -0.3 is 10.2 Å². The monoisotopic (exact) mass is 303 g/mol. The zero-order chi connectivity index (χ0) is 15.2. The number of hydrogen-bond acceptors (Lipinski definition) is 4. The fourth-order valence-electron chi connectivity index (χ4n) is 2.48. The molecule has 0 bridgehead atoms. The van der Waals surface area contributed by atoms with Crippen molar-refractivity contribution in [1.29, 1.82) is 0 Å². The van der Waals surface area contributed by atoms with Gasteiger partial charge in [-0.15, -0.1) is 0 Å². The standard InChI is InChI=1S/C17H25N3S/c1-5-18-10-14-11-19-17(20(3)13(2)12-21-4)16-9-7-6-8-15(14)16/h6-9,11,13,18H,5,10,12H2,1-4H3. The van der Waals surface area contributed by atoms with Crippen molar-refractivity contribution >= 4 is 28.4 Å². The molecule has 114 valence electrons. The zero-order valence-electron chi connectivity index (χ0n) is 13.4. The van der Waals surface area contributed by atoms with Crippen LogP contribution in [0.4, 0.5) is 5.82 Å². The molecule has 0 radical (unpaired) electrons. The van der Waals surface area contributed by atoms with E-state index in [-0.39, 0.29) is 0 Å². The maximum absolute atomic E-state index is 4.74. The number of benzene rings is 1. The minimum atomic E-state index is 0.468. The smallest absolute Gasteiger partial charge is 0.136 e. The van der Waals surface area contributed by atoms with Crippen molar-refractivity contribution in [3.05, 3.63) is 36.0 Å². The maximum atomic E-state index is 4.74. The molecule has 0 spiro atoms. The molecule has 0 aliphatic carbocycles. The van der Waals surface area contributed by atoms with Gasteiger partial charge in [0.15, 0.2) is 0 Å². The van der Waals surface area contributed by atoms with E-state index in [1.165, 1.54) is 16.3 Å². The molecule has 0 aliphatic rings. The van der Waals surface area contributed by atoms with Crippen LogP contribution in [0.5, 0.6) is 0 Å². The molecule has 2 rings (SSSR count). The van der Waals surface area contributed by atoms with E-state index in [0.29, 0.717) is 6.04 Å². The summed E-state index contributed by atoms with van der Waals surface area (Å²) in [5.74, 6) is 2.18. The molecule has 1 aromatic carbocycles. The minimum Gasteiger partial charge on any atom is -0.356 e. The van der Waals surface area contributed by atoms with E-state index in [1.54, 1.807) is 0 Å². The number of aromatic nitrogens is 1. The van der Waals surface area contributed by atoms with Crippen LogP contribution in [0.25, 0.3) is 10.8 Å². The molecular weight excluding hydrogens is 278 g/mol. The summed E-state index contributed by atoms with van der Waals surface area (Å²) >= 11 is 1.87. The number of anilines is 1. The summed E-state index contributed by atoms with van der Waals surface area (Å²) in [7, 11) is 2.14. The van der Waals surface area contributed by atoms with E-state index in [1.807, 2.05) is 18.0 Å². The Morgan fingerprint density at radius 1 is 1.29 bits per heavy atom. The van der Waals surface area contributed by atoms with Crippen LogP contribution in [0.2, 0.25) is 0 Å². The molecule has 1 heterocycles. The summed E-state index contributed by atoms with van der Waals surface area (Å²) in [6.45, 7) is 6.22. The molecule has 0 amide bonds. The summed E-state index contributed by atoms with van der Waals surface area (Å²) in [5, 5.41) is 5.93. The molecule has 1 aromatic heterocycles. The Kier molecular flexibility index (Phi) is 5.88. The maximum Gasteiger partial charge on any atom is 0.136 e. The molecule has 0 saturated heterocycles. The molecule has 4 heteroatoms. The van der Waals surface area contributed by atoms with E-state index >= 15 is 0 Å². The van der Waals surface area contributed by atoms with Gasteiger partial charge in [-0.25, -0.2) is 4.98 Å². The fourth-order valence-corrected chi connectivity index (χ4v) is 3.19. The predicted octanol–water partition coefficient (Wildman–Crippen LogP) is 3.53. The van der Waals surface area contributed by atoms with E-state index in [9.17, 15) is 0 Å². The van der Waals surface area contributed by atoms with Crippen LogP contribution >= 0.6 is 11.8 Å². The van der Waals surface area contributed by atoms with Crippen molar-refractivity contribution in [2.24, 2.45) is 0 Å². The van der Waals surface area contributed by atoms with Gasteiger partial charge in [-0.2, -0.15) is 11.8 Å². The average molecular weight is 303 g/mol. The van der Waals surface area contributed by atoms with Crippen molar-refractivity contribution in [2.45, 2.75) is 26.4 Å². The SMILES string of the molecule is CCNCc1cnc(N(C)C(C)CSC)c2ccccc12. The third-order valence-electron chi connectivity index (χ3n) is 3.83. The Labute approximate surface area is 132 Å². The number of hydrogen-bond donors (Lipinski definition) is 1. The molecule has 1 unspecified atom stereocenters. The zero-order valence-corrected chi connectivity index (χ0v) is 14.2. The second-order valence-electron chi connectivity index (χ2n) is 5.35. The normalized spacial score (nSPS) is 12.6. The molecule has 21 heavy (non-hydrogen) atoms. The van der Waals surface area contributed by atoms with Crippen LogP contribution in [-0.4, -0.2) is 36.6 Å². The first-order valence-corrected chi connectivity index (χ1v) is 8.87. The summed E-state index contributed by atoms with van der Waals surface area (Å²) in [6, 6.07) is 9.04. The Bertz CT molecular complexity index is 585. The second kappa shape index (κ2) is 7.66. The molecule has 0 fully saturated rings. The van der Waals surface area contributed by atoms with Gasteiger partial charge in [0.2, 0.25) is 0 Å². The first-order valence-electron chi connectivity index (χ1n) is 7.48. The topological polar surface area (TPSA) is 28.2 Å². The van der Waals surface area contributed by atoms with Gasteiger partial charge >= 0.3 is 0 Å². The number of nitrogens with one attached hydrogen (secondary N) is 1. The van der Waals surface area contributed by atoms with E-state index in [4.69, 9.17) is 4.98 Å². The highest BCUT2D eigenvalue weighted by Gasteiger charge is 2.15. The lowest BCUT2D eigenvalue weighted by molar-refractivity contribution is 0.725. The van der Waals surface area contributed by atoms with Gasteiger partial charge in [-0.1, -0.05) is 31.2 Å². The lowest BCUT2D eigenvalue weighted by Gasteiger charge is -2.27. The largest absolute Gasteiger partial charge is 0.356 e. The van der Waals surface area contributed by atoms with Crippen molar-refractivity contribution in [3.8, 4) is 0 Å². The summed E-state index contributed by atoms with van der Waals surface area (Å²) in [6.07, 6.45) is 4.16. The van der Waals surface area contributed by atoms with Crippen molar-refractivity contribution in [3.63, 3.8) is 0 Å². The average Bonchev–Trinajstić information content (AvgIpc) is 2.52. The molecule has 0 saturated carbocycles. The lowest BCUT2D eigenvalue weighted by Crippen LogP contribution is -2.31. The highest BCUT2D eigenvalue weighted by Crippen LogP contribution is 2.28. The number of pyridine rings is 1. The molecule has 3 nitrogen and oxygen atoms in total. The van der Waals surface area contributed by atoms with Gasteiger partial charge in [0, 0.05) is 37.0 Å². The highest BCUT2D eigenvalue weighted by atomic mass is 32.2. The summed E-state index contributed by atoms with van der Waals surface area (Å²) in [5.41, 5.74) is 1.27. The molecule has 1 N–H and O–H groups in total. The number of rotatable bonds is 7. The van der Waals surface area contributed by atoms with Crippen molar-refractivity contribution in [1.82, 2.24) is 10.3 Å². The first kappa shape index (κ1) is 16.1. The predicted molar refractivity (Wildman–Crippen MR) is 95.4 cm³/mol. The van der Waals surface area contributed by atoms with Gasteiger partial charge in [0.1, 0.15) is 5.82 Å². The summed E-state index contributed by atoms with van der Waals surface area (Å²) < 4.78 is 0. The second-order valence-corrected chi connectivity index (χ2v) is 6.26. The number of nitrogens with zero attached hydrogens (tertiary/aromatic N) is 2. The Morgan fingerprint density at radius 3 is 2.67 bits per heavy atom. The van der Waals surface area contributed by atoms with Crippen LogP contribution in [0.15, 0.2) is 30.5 Å². The first-order chi connectivity index (χ1) is 10.2. The third-order valence-corrected chi connectivity index (χ3v) is 4.64. The van der Waals surface area contributed by atoms with Crippen LogP contribution in [0.3, 0.4) is 0 Å². The Morgan fingerprint density at radius 2 is 2.00 bits per heavy atom. The fraction of sp³-hybridized carbons (Fsp3) is 0.471. The minimum absolute atomic E-state index is 0.468. The van der Waals surface area contributed by atoms with E-state index < -0.39 is 0 Å². The van der Waals surface area contributed by atoms with Crippen molar-refractivity contribution in [2.75, 3.05) is 30.5 Å². The van der Waals surface area contributed by atoms with Crippen molar-refractivity contribution < 1.29 is 0 Å². The van der Waals surface area contributed by atoms with Gasteiger partial charge in [0.05, 0.1) is 0 Å². The van der Waals surface area contributed by atoms with Crippen LogP contribution in [0, 0.1) is 0 Å². The third kappa shape index (κ3) is 3.69. The van der Waals surface area contributed by atoms with Crippen LogP contribution < -0.4 is 10.2 Å². The number of fused-ring (bicyclic) bond motifs is 1. The van der Waals surface area contributed by atoms with Crippen LogP contribution in [-0.2, 0) is 6.54 Å². The van der Waals surface area contributed by atoms with Crippen LogP contribution in [0.1, 0.15) is 19.4 Å². The Balaban J connectivity index is 2.42. The van der Waals surface area contributed by atoms with Gasteiger partial charge in [-0.3, -0.25) is 0 Å². The van der Waals surface area contributed by atoms with E-state index in [0.717, 1.165) is 24.7 Å². The molecule has 0 aliphatic heterocycles. The summed E-state index contributed by atoms with van der Waals surface area (Å²) in [4.78, 5) is 7.03. The molecule has 1 atom stereocenters. The van der Waals surface area contributed by atoms with E-state index in [2.05, 4.69) is 61.6 Å².